The zero-order valence-corrected chi connectivity index (χ0v) is 8.36. The zero-order valence-electron chi connectivity index (χ0n) is 8.36. The summed E-state index contributed by atoms with van der Waals surface area (Å²) in [5.41, 5.74) is 0.777. The first-order valence-electron chi connectivity index (χ1n) is 4.97. The van der Waals surface area contributed by atoms with Crippen LogP contribution in [-0.4, -0.2) is 27.0 Å². The second kappa shape index (κ2) is 4.05. The molecule has 0 aromatic heterocycles. The van der Waals surface area contributed by atoms with Gasteiger partial charge in [0, 0.05) is 6.04 Å². The lowest BCUT2D eigenvalue weighted by Gasteiger charge is -2.35. The maximum atomic E-state index is 5.74. The lowest BCUT2D eigenvalue weighted by Crippen LogP contribution is -2.45. The predicted molar refractivity (Wildman–Crippen MR) is 58.3 cm³/mol. The molecule has 1 aliphatic carbocycles. The number of hydrogen-bond acceptors (Lipinski definition) is 2. The average molecular weight is 187 g/mol. The van der Waals surface area contributed by atoms with Crippen molar-refractivity contribution in [2.24, 2.45) is 0 Å². The molecule has 2 nitrogen and oxygen atoms in total. The fourth-order valence-electron chi connectivity index (χ4n) is 1.64. The highest BCUT2D eigenvalue weighted by atomic mass is 16.5. The molecule has 1 aromatic rings. The zero-order chi connectivity index (χ0) is 9.97. The fourth-order valence-corrected chi connectivity index (χ4v) is 1.64. The summed E-state index contributed by atoms with van der Waals surface area (Å²) >= 11 is 0. The quantitative estimate of drug-likeness (QED) is 0.700. The van der Waals surface area contributed by atoms with Crippen LogP contribution in [0, 0.1) is 0 Å². The molecule has 0 unspecified atom stereocenters. The van der Waals surface area contributed by atoms with Crippen LogP contribution in [0.1, 0.15) is 12.8 Å². The lowest BCUT2D eigenvalue weighted by atomic mass is 9.89. The second-order valence-corrected chi connectivity index (χ2v) is 3.77. The Labute approximate surface area is 86.1 Å². The highest BCUT2D eigenvalue weighted by Gasteiger charge is 2.29. The molecule has 0 amide bonds. The number of nitrogens with one attached hydrogen (secondary N) is 1. The molecule has 3 heteroatoms. The van der Waals surface area contributed by atoms with E-state index in [9.17, 15) is 0 Å². The molecule has 72 valence electrons. The summed E-state index contributed by atoms with van der Waals surface area (Å²) in [5, 5.41) is 3.23. The van der Waals surface area contributed by atoms with Crippen molar-refractivity contribution in [3.05, 3.63) is 24.3 Å². The Morgan fingerprint density at radius 2 is 1.93 bits per heavy atom. The van der Waals surface area contributed by atoms with Gasteiger partial charge in [-0.1, -0.05) is 17.6 Å². The average Bonchev–Trinajstić information content (AvgIpc) is 2.13. The van der Waals surface area contributed by atoms with Crippen LogP contribution in [0.5, 0.6) is 5.75 Å². The van der Waals surface area contributed by atoms with E-state index in [2.05, 4.69) is 5.32 Å². The molecule has 1 fully saturated rings. The first-order valence-corrected chi connectivity index (χ1v) is 4.97. The van der Waals surface area contributed by atoms with E-state index in [4.69, 9.17) is 12.6 Å². The van der Waals surface area contributed by atoms with Crippen LogP contribution < -0.4 is 15.5 Å². The van der Waals surface area contributed by atoms with Gasteiger partial charge in [-0.2, -0.15) is 0 Å². The van der Waals surface area contributed by atoms with Crippen LogP contribution in [0.2, 0.25) is 0 Å². The smallest absolute Gasteiger partial charge is 0.119 e. The summed E-state index contributed by atoms with van der Waals surface area (Å²) in [6.45, 7) is 0. The Morgan fingerprint density at radius 1 is 1.29 bits per heavy atom. The third-order valence-corrected chi connectivity index (χ3v) is 2.69. The van der Waals surface area contributed by atoms with Gasteiger partial charge < -0.3 is 10.1 Å². The van der Waals surface area contributed by atoms with Crippen molar-refractivity contribution in [3.8, 4) is 5.75 Å². The molecule has 1 saturated carbocycles. The summed E-state index contributed by atoms with van der Waals surface area (Å²) in [6.07, 6.45) is 2.57. The van der Waals surface area contributed by atoms with Gasteiger partial charge in [0.05, 0.1) is 0 Å². The highest BCUT2D eigenvalue weighted by Crippen LogP contribution is 2.24. The summed E-state index contributed by atoms with van der Waals surface area (Å²) in [7, 11) is 7.57. The lowest BCUT2D eigenvalue weighted by molar-refractivity contribution is 0.0885. The minimum atomic E-state index is 0.371. The maximum Gasteiger partial charge on any atom is 0.119 e. The van der Waals surface area contributed by atoms with Gasteiger partial charge in [-0.15, -0.1) is 0 Å². The first-order chi connectivity index (χ1) is 6.78. The molecule has 1 aromatic carbocycles. The van der Waals surface area contributed by atoms with Crippen molar-refractivity contribution in [1.29, 1.82) is 0 Å². The molecular weight excluding hydrogens is 173 g/mol. The Bertz CT molecular complexity index is 293. The molecule has 0 aliphatic heterocycles. The van der Waals surface area contributed by atoms with Gasteiger partial charge in [-0.25, -0.2) is 0 Å². The monoisotopic (exact) mass is 187 g/mol. The number of benzene rings is 1. The number of hydrogen-bond donors (Lipinski definition) is 1. The molecule has 0 atom stereocenters. The molecule has 0 bridgehead atoms. The van der Waals surface area contributed by atoms with E-state index in [1.165, 1.54) is 0 Å². The second-order valence-electron chi connectivity index (χ2n) is 3.77. The van der Waals surface area contributed by atoms with Gasteiger partial charge in [0.15, 0.2) is 0 Å². The molecule has 0 saturated heterocycles. The minimum absolute atomic E-state index is 0.371. The predicted octanol–water partition coefficient (Wildman–Crippen LogP) is 0.610. The first kappa shape index (κ1) is 9.59. The third kappa shape index (κ3) is 2.10. The molecule has 14 heavy (non-hydrogen) atoms. The highest BCUT2D eigenvalue weighted by molar-refractivity contribution is 6.32. The van der Waals surface area contributed by atoms with Crippen molar-refractivity contribution in [3.63, 3.8) is 0 Å². The number of rotatable bonds is 3. The van der Waals surface area contributed by atoms with Gasteiger partial charge in [-0.3, -0.25) is 0 Å². The van der Waals surface area contributed by atoms with E-state index in [0.717, 1.165) is 24.1 Å². The molecular formula is C11H14BNO. The van der Waals surface area contributed by atoms with Crippen molar-refractivity contribution in [2.75, 3.05) is 7.05 Å². The molecule has 2 rings (SSSR count). The minimum Gasteiger partial charge on any atom is -0.490 e. The van der Waals surface area contributed by atoms with Gasteiger partial charge in [0.2, 0.25) is 0 Å². The standard InChI is InChI=1S/C11H14BNO/c1-13-9-6-11(7-9)14-10-4-2-8(12)3-5-10/h2-5,9,11,13H,6-7H2,1H3. The summed E-state index contributed by atoms with van der Waals surface area (Å²) < 4.78 is 5.74. The molecule has 1 N–H and O–H groups in total. The van der Waals surface area contributed by atoms with Crippen LogP contribution >= 0.6 is 0 Å². The summed E-state index contributed by atoms with van der Waals surface area (Å²) in [5.74, 6) is 0.916. The van der Waals surface area contributed by atoms with Crippen LogP contribution in [0.15, 0.2) is 24.3 Å². The van der Waals surface area contributed by atoms with Crippen LogP contribution in [0.25, 0.3) is 0 Å². The van der Waals surface area contributed by atoms with E-state index in [0.29, 0.717) is 12.1 Å². The van der Waals surface area contributed by atoms with Gasteiger partial charge in [0.25, 0.3) is 0 Å². The topological polar surface area (TPSA) is 21.3 Å². The molecule has 0 spiro atoms. The van der Waals surface area contributed by atoms with Crippen molar-refractivity contribution in [1.82, 2.24) is 5.32 Å². The Hall–Kier alpha value is -0.955. The molecule has 0 heterocycles. The molecule has 2 radical (unpaired) electrons. The van der Waals surface area contributed by atoms with Crippen LogP contribution in [0.3, 0.4) is 0 Å². The fraction of sp³-hybridized carbons (Fsp3) is 0.455. The van der Waals surface area contributed by atoms with Crippen molar-refractivity contribution >= 4 is 13.3 Å². The van der Waals surface area contributed by atoms with Crippen molar-refractivity contribution < 1.29 is 4.74 Å². The molecule has 1 aliphatic rings. The van der Waals surface area contributed by atoms with Gasteiger partial charge in [0.1, 0.15) is 19.7 Å². The van der Waals surface area contributed by atoms with E-state index in [-0.39, 0.29) is 0 Å². The Kier molecular flexibility index (Phi) is 2.78. The third-order valence-electron chi connectivity index (χ3n) is 2.69. The summed E-state index contributed by atoms with van der Waals surface area (Å²) in [4.78, 5) is 0. The normalized spacial score (nSPS) is 25.5. The van der Waals surface area contributed by atoms with E-state index >= 15 is 0 Å². The van der Waals surface area contributed by atoms with Crippen molar-refractivity contribution in [2.45, 2.75) is 25.0 Å². The number of ether oxygens (including phenoxy) is 1. The van der Waals surface area contributed by atoms with Crippen LogP contribution in [-0.2, 0) is 0 Å². The van der Waals surface area contributed by atoms with Crippen LogP contribution in [0.4, 0.5) is 0 Å². The Balaban J connectivity index is 1.84. The SMILES string of the molecule is [B]c1ccc(OC2CC(NC)C2)cc1. The van der Waals surface area contributed by atoms with E-state index in [1.54, 1.807) is 0 Å². The van der Waals surface area contributed by atoms with Gasteiger partial charge in [-0.05, 0) is 32.0 Å². The largest absolute Gasteiger partial charge is 0.490 e. The van der Waals surface area contributed by atoms with E-state index < -0.39 is 0 Å². The Morgan fingerprint density at radius 3 is 2.50 bits per heavy atom. The van der Waals surface area contributed by atoms with Gasteiger partial charge >= 0.3 is 0 Å². The maximum absolute atomic E-state index is 5.74. The van der Waals surface area contributed by atoms with E-state index in [1.807, 2.05) is 31.3 Å². The summed E-state index contributed by atoms with van der Waals surface area (Å²) in [6, 6.07) is 8.20.